The molecule has 0 amide bonds. The van der Waals surface area contributed by atoms with Gasteiger partial charge in [-0.2, -0.15) is 0 Å². The minimum absolute atomic E-state index is 1.17. The minimum Gasteiger partial charge on any atom is -0.354 e. The number of aromatic nitrogens is 2. The summed E-state index contributed by atoms with van der Waals surface area (Å²) in [6.45, 7) is 0. The number of nitrogens with zero attached hydrogens (tertiary/aromatic N) is 1. The molecule has 1 aliphatic rings. The van der Waals surface area contributed by atoms with Crippen LogP contribution in [0.2, 0.25) is 0 Å². The highest BCUT2D eigenvalue weighted by molar-refractivity contribution is 6.19. The fraction of sp³-hybridized carbons (Fsp3) is 0. The molecule has 1 aliphatic carbocycles. The van der Waals surface area contributed by atoms with Crippen molar-refractivity contribution < 1.29 is 0 Å². The Balaban J connectivity index is 1.21. The SMILES string of the molecule is c1ccc2c(c1)-c1cccc3c(-n4c5ccccc5c5cc(-c6ccc7c(c6)[nH]c6ccccc67)ccc54)ccc-2c13. The Bertz CT molecular complexity index is 2550. The fourth-order valence-corrected chi connectivity index (χ4v) is 7.43. The van der Waals surface area contributed by atoms with Gasteiger partial charge in [0.25, 0.3) is 0 Å². The highest BCUT2D eigenvalue weighted by atomic mass is 15.0. The summed E-state index contributed by atoms with van der Waals surface area (Å²) in [5.74, 6) is 0. The number of nitrogens with one attached hydrogen (secondary N) is 1. The van der Waals surface area contributed by atoms with Crippen LogP contribution in [0.15, 0.2) is 140 Å². The van der Waals surface area contributed by atoms with Crippen LogP contribution in [0.4, 0.5) is 0 Å². The van der Waals surface area contributed by atoms with E-state index in [9.17, 15) is 0 Å². The molecule has 0 spiro atoms. The van der Waals surface area contributed by atoms with E-state index >= 15 is 0 Å². The van der Waals surface area contributed by atoms with Crippen molar-refractivity contribution in [1.29, 1.82) is 0 Å². The van der Waals surface area contributed by atoms with Gasteiger partial charge < -0.3 is 9.55 Å². The van der Waals surface area contributed by atoms with Gasteiger partial charge in [0.15, 0.2) is 0 Å². The second-order valence-electron chi connectivity index (χ2n) is 11.4. The van der Waals surface area contributed by atoms with Crippen molar-refractivity contribution in [1.82, 2.24) is 9.55 Å². The van der Waals surface area contributed by atoms with E-state index in [1.165, 1.54) is 93.5 Å². The van der Waals surface area contributed by atoms with Crippen LogP contribution < -0.4 is 0 Å². The molecule has 0 atom stereocenters. The fourth-order valence-electron chi connectivity index (χ4n) is 7.43. The van der Waals surface area contributed by atoms with Gasteiger partial charge in [-0.25, -0.2) is 0 Å². The van der Waals surface area contributed by atoms with Gasteiger partial charge in [-0.05, 0) is 75.2 Å². The molecule has 2 heterocycles. The third-order valence-corrected chi connectivity index (χ3v) is 9.28. The van der Waals surface area contributed by atoms with Crippen LogP contribution >= 0.6 is 0 Å². The first kappa shape index (κ1) is 22.1. The molecule has 1 N–H and O–H groups in total. The maximum Gasteiger partial charge on any atom is 0.0541 e. The molecule has 2 nitrogen and oxygen atoms in total. The lowest BCUT2D eigenvalue weighted by molar-refractivity contribution is 1.20. The highest BCUT2D eigenvalue weighted by Gasteiger charge is 2.23. The Kier molecular flexibility index (Phi) is 4.21. The van der Waals surface area contributed by atoms with Crippen LogP contribution in [-0.4, -0.2) is 9.55 Å². The molecule has 0 saturated heterocycles. The summed E-state index contributed by atoms with van der Waals surface area (Å²) in [7, 11) is 0. The van der Waals surface area contributed by atoms with E-state index in [-0.39, 0.29) is 0 Å². The number of benzene rings is 7. The normalized spacial score (nSPS) is 12.3. The van der Waals surface area contributed by atoms with Gasteiger partial charge in [-0.15, -0.1) is 0 Å². The second kappa shape index (κ2) is 7.99. The van der Waals surface area contributed by atoms with Gasteiger partial charge in [0.05, 0.1) is 16.7 Å². The Labute approximate surface area is 242 Å². The Hall–Kier alpha value is -5.60. The van der Waals surface area contributed by atoms with Gasteiger partial charge in [0.2, 0.25) is 0 Å². The third kappa shape index (κ3) is 2.83. The lowest BCUT2D eigenvalue weighted by Gasteiger charge is -2.13. The molecule has 42 heavy (non-hydrogen) atoms. The number of para-hydroxylation sites is 2. The molecule has 2 aromatic heterocycles. The third-order valence-electron chi connectivity index (χ3n) is 9.28. The van der Waals surface area contributed by atoms with Crippen molar-refractivity contribution in [3.63, 3.8) is 0 Å². The van der Waals surface area contributed by atoms with Gasteiger partial charge in [0, 0.05) is 38.0 Å². The quantitative estimate of drug-likeness (QED) is 0.229. The van der Waals surface area contributed by atoms with E-state index in [4.69, 9.17) is 0 Å². The summed E-state index contributed by atoms with van der Waals surface area (Å²) in [4.78, 5) is 3.61. The summed E-state index contributed by atoms with van der Waals surface area (Å²) in [6.07, 6.45) is 0. The molecule has 10 rings (SSSR count). The summed E-state index contributed by atoms with van der Waals surface area (Å²) < 4.78 is 2.46. The Morgan fingerprint density at radius 1 is 0.381 bits per heavy atom. The lowest BCUT2D eigenvalue weighted by Crippen LogP contribution is -1.95. The maximum atomic E-state index is 3.61. The van der Waals surface area contributed by atoms with Crippen molar-refractivity contribution in [3.05, 3.63) is 140 Å². The molecular formula is C40H24N2. The topological polar surface area (TPSA) is 20.7 Å². The summed E-state index contributed by atoms with van der Waals surface area (Å²) in [6, 6.07) is 51.3. The van der Waals surface area contributed by atoms with Crippen molar-refractivity contribution >= 4 is 54.4 Å². The molecule has 7 aromatic carbocycles. The number of aromatic amines is 1. The van der Waals surface area contributed by atoms with Crippen LogP contribution in [0.25, 0.3) is 93.5 Å². The zero-order valence-electron chi connectivity index (χ0n) is 22.7. The molecule has 194 valence electrons. The monoisotopic (exact) mass is 532 g/mol. The van der Waals surface area contributed by atoms with Crippen LogP contribution in [0, 0.1) is 0 Å². The molecule has 0 bridgehead atoms. The minimum atomic E-state index is 1.17. The van der Waals surface area contributed by atoms with E-state index in [0.29, 0.717) is 0 Å². The molecule has 0 aliphatic heterocycles. The summed E-state index contributed by atoms with van der Waals surface area (Å²) in [5.41, 5.74) is 13.8. The highest BCUT2D eigenvalue weighted by Crippen LogP contribution is 2.49. The number of rotatable bonds is 2. The van der Waals surface area contributed by atoms with E-state index in [1.807, 2.05) is 0 Å². The van der Waals surface area contributed by atoms with Crippen LogP contribution in [-0.2, 0) is 0 Å². The first-order chi connectivity index (χ1) is 20.8. The van der Waals surface area contributed by atoms with Crippen molar-refractivity contribution in [2.24, 2.45) is 0 Å². The van der Waals surface area contributed by atoms with Crippen LogP contribution in [0.3, 0.4) is 0 Å². The molecule has 0 saturated carbocycles. The first-order valence-electron chi connectivity index (χ1n) is 14.5. The number of hydrogen-bond acceptors (Lipinski definition) is 0. The average Bonchev–Trinajstić information content (AvgIpc) is 3.70. The van der Waals surface area contributed by atoms with Crippen molar-refractivity contribution in [3.8, 4) is 39.1 Å². The largest absolute Gasteiger partial charge is 0.354 e. The zero-order chi connectivity index (χ0) is 27.4. The van der Waals surface area contributed by atoms with Gasteiger partial charge >= 0.3 is 0 Å². The van der Waals surface area contributed by atoms with E-state index in [2.05, 4.69) is 149 Å². The predicted octanol–water partition coefficient (Wildman–Crippen LogP) is 10.9. The van der Waals surface area contributed by atoms with Crippen molar-refractivity contribution in [2.45, 2.75) is 0 Å². The molecule has 2 heteroatoms. The van der Waals surface area contributed by atoms with Crippen molar-refractivity contribution in [2.75, 3.05) is 0 Å². The van der Waals surface area contributed by atoms with Crippen LogP contribution in [0.1, 0.15) is 0 Å². The molecule has 0 unspecified atom stereocenters. The van der Waals surface area contributed by atoms with Crippen LogP contribution in [0.5, 0.6) is 0 Å². The smallest absolute Gasteiger partial charge is 0.0541 e. The zero-order valence-corrected chi connectivity index (χ0v) is 22.7. The molecule has 0 fully saturated rings. The number of H-pyrrole nitrogens is 1. The predicted molar refractivity (Wildman–Crippen MR) is 178 cm³/mol. The molecular weight excluding hydrogens is 508 g/mol. The number of fused-ring (bicyclic) bond motifs is 9. The maximum absolute atomic E-state index is 3.61. The average molecular weight is 533 g/mol. The molecule has 9 aromatic rings. The lowest BCUT2D eigenvalue weighted by atomic mass is 10.0. The van der Waals surface area contributed by atoms with E-state index in [0.717, 1.165) is 0 Å². The van der Waals surface area contributed by atoms with Gasteiger partial charge in [-0.1, -0.05) is 103 Å². The Morgan fingerprint density at radius 3 is 1.93 bits per heavy atom. The van der Waals surface area contributed by atoms with E-state index in [1.54, 1.807) is 0 Å². The summed E-state index contributed by atoms with van der Waals surface area (Å²) >= 11 is 0. The number of hydrogen-bond donors (Lipinski definition) is 1. The second-order valence-corrected chi connectivity index (χ2v) is 11.4. The van der Waals surface area contributed by atoms with Gasteiger partial charge in [0.1, 0.15) is 0 Å². The first-order valence-corrected chi connectivity index (χ1v) is 14.5. The Morgan fingerprint density at radius 2 is 1.02 bits per heavy atom. The standard InChI is InChI=1S/C40H24N2/c1-2-9-27-26(8-1)31-12-7-13-33-38(21-19-32(27)40(31)33)42-37-15-6-4-11-30(37)34-22-24(17-20-39(34)42)25-16-18-29-28-10-3-5-14-35(28)41-36(29)23-25/h1-23,41H. The van der Waals surface area contributed by atoms with Gasteiger partial charge in [-0.3, -0.25) is 0 Å². The van der Waals surface area contributed by atoms with E-state index < -0.39 is 0 Å². The molecule has 0 radical (unpaired) electrons. The summed E-state index contributed by atoms with van der Waals surface area (Å²) in [5, 5.41) is 7.72.